The van der Waals surface area contributed by atoms with Crippen molar-refractivity contribution in [1.29, 1.82) is 0 Å². The van der Waals surface area contributed by atoms with Crippen molar-refractivity contribution in [2.75, 3.05) is 13.1 Å². The van der Waals surface area contributed by atoms with E-state index in [0.29, 0.717) is 36.1 Å². The molecule has 1 heterocycles. The van der Waals surface area contributed by atoms with Gasteiger partial charge in [0.25, 0.3) is 11.5 Å². The van der Waals surface area contributed by atoms with E-state index in [-0.39, 0.29) is 17.4 Å². The lowest BCUT2D eigenvalue weighted by molar-refractivity contribution is 0.0947. The summed E-state index contributed by atoms with van der Waals surface area (Å²) in [4.78, 5) is 24.9. The lowest BCUT2D eigenvalue weighted by Gasteiger charge is -2.12. The van der Waals surface area contributed by atoms with Crippen LogP contribution in [0.25, 0.3) is 10.8 Å². The van der Waals surface area contributed by atoms with Crippen molar-refractivity contribution in [2.45, 2.75) is 33.2 Å². The van der Waals surface area contributed by atoms with Crippen LogP contribution in [-0.2, 0) is 6.54 Å². The Labute approximate surface area is 135 Å². The molecular weight excluding hydrogens is 292 g/mol. The standard InChI is InChI=1S/C17H24N4O2/c1-12(2)11-21-17(23)14-8-4-3-7-13(14)15(20-21)16(22)19-10-6-5-9-18/h3-4,7-8,12H,5-6,9-11,18H2,1-2H3,(H,19,22). The van der Waals surface area contributed by atoms with E-state index in [4.69, 9.17) is 5.73 Å². The zero-order valence-corrected chi connectivity index (χ0v) is 13.7. The molecule has 124 valence electrons. The first-order valence-electron chi connectivity index (χ1n) is 8.02. The van der Waals surface area contributed by atoms with E-state index >= 15 is 0 Å². The molecule has 2 aromatic rings. The van der Waals surface area contributed by atoms with Crippen molar-refractivity contribution in [1.82, 2.24) is 15.1 Å². The number of benzene rings is 1. The first-order chi connectivity index (χ1) is 11.0. The van der Waals surface area contributed by atoms with E-state index in [0.717, 1.165) is 12.8 Å². The minimum absolute atomic E-state index is 0.158. The molecule has 0 atom stereocenters. The summed E-state index contributed by atoms with van der Waals surface area (Å²) >= 11 is 0. The molecule has 6 heteroatoms. The number of rotatable bonds is 7. The van der Waals surface area contributed by atoms with Crippen molar-refractivity contribution in [3.05, 3.63) is 40.3 Å². The van der Waals surface area contributed by atoms with Gasteiger partial charge in [-0.05, 0) is 31.4 Å². The topological polar surface area (TPSA) is 90.0 Å². The van der Waals surface area contributed by atoms with Crippen molar-refractivity contribution >= 4 is 16.7 Å². The van der Waals surface area contributed by atoms with Crippen LogP contribution in [0, 0.1) is 5.92 Å². The fourth-order valence-electron chi connectivity index (χ4n) is 2.43. The fraction of sp³-hybridized carbons (Fsp3) is 0.471. The van der Waals surface area contributed by atoms with Gasteiger partial charge in [0.15, 0.2) is 5.69 Å². The zero-order valence-electron chi connectivity index (χ0n) is 13.7. The highest BCUT2D eigenvalue weighted by atomic mass is 16.2. The number of unbranched alkanes of at least 4 members (excludes halogenated alkanes) is 1. The lowest BCUT2D eigenvalue weighted by Crippen LogP contribution is -2.32. The lowest BCUT2D eigenvalue weighted by atomic mass is 10.1. The third kappa shape index (κ3) is 4.16. The maximum Gasteiger partial charge on any atom is 0.274 e. The normalized spacial score (nSPS) is 11.1. The molecule has 0 unspecified atom stereocenters. The SMILES string of the molecule is CC(C)Cn1nc(C(=O)NCCCCN)c2ccccc2c1=O. The van der Waals surface area contributed by atoms with Gasteiger partial charge in [-0.2, -0.15) is 5.10 Å². The Hall–Kier alpha value is -2.21. The second-order valence-electron chi connectivity index (χ2n) is 6.03. The molecule has 3 N–H and O–H groups in total. The van der Waals surface area contributed by atoms with E-state index < -0.39 is 0 Å². The van der Waals surface area contributed by atoms with Gasteiger partial charge in [-0.1, -0.05) is 32.0 Å². The highest BCUT2D eigenvalue weighted by Crippen LogP contribution is 2.13. The Morgan fingerprint density at radius 1 is 1.26 bits per heavy atom. The van der Waals surface area contributed by atoms with Gasteiger partial charge >= 0.3 is 0 Å². The van der Waals surface area contributed by atoms with Crippen LogP contribution < -0.4 is 16.6 Å². The Balaban J connectivity index is 2.39. The van der Waals surface area contributed by atoms with E-state index in [1.165, 1.54) is 4.68 Å². The van der Waals surface area contributed by atoms with Crippen LogP contribution in [0.4, 0.5) is 0 Å². The number of carbonyl (C=O) groups excluding carboxylic acids is 1. The number of nitrogens with two attached hydrogens (primary N) is 1. The van der Waals surface area contributed by atoms with Crippen LogP contribution in [0.2, 0.25) is 0 Å². The summed E-state index contributed by atoms with van der Waals surface area (Å²) in [6, 6.07) is 7.10. The van der Waals surface area contributed by atoms with Gasteiger partial charge in [-0.3, -0.25) is 9.59 Å². The molecule has 1 aromatic heterocycles. The van der Waals surface area contributed by atoms with Crippen LogP contribution in [0.1, 0.15) is 37.2 Å². The number of amides is 1. The van der Waals surface area contributed by atoms with Gasteiger partial charge < -0.3 is 11.1 Å². The first kappa shape index (κ1) is 17.1. The van der Waals surface area contributed by atoms with Crippen LogP contribution in [0.15, 0.2) is 29.1 Å². The van der Waals surface area contributed by atoms with Crippen LogP contribution in [0.3, 0.4) is 0 Å². The van der Waals surface area contributed by atoms with E-state index in [9.17, 15) is 9.59 Å². The van der Waals surface area contributed by atoms with Crippen molar-refractivity contribution < 1.29 is 4.79 Å². The summed E-state index contributed by atoms with van der Waals surface area (Å²) in [6.45, 7) is 5.66. The smallest absolute Gasteiger partial charge is 0.274 e. The van der Waals surface area contributed by atoms with Gasteiger partial charge in [-0.15, -0.1) is 0 Å². The Bertz CT molecular complexity index is 737. The van der Waals surface area contributed by atoms with Gasteiger partial charge in [-0.25, -0.2) is 4.68 Å². The molecule has 2 rings (SSSR count). The zero-order chi connectivity index (χ0) is 16.8. The Morgan fingerprint density at radius 2 is 1.96 bits per heavy atom. The Kier molecular flexibility index (Phi) is 5.87. The molecule has 0 spiro atoms. The number of hydrogen-bond acceptors (Lipinski definition) is 4. The predicted octanol–water partition coefficient (Wildman–Crippen LogP) is 1.52. The number of aromatic nitrogens is 2. The summed E-state index contributed by atoms with van der Waals surface area (Å²) in [6.07, 6.45) is 1.69. The molecule has 23 heavy (non-hydrogen) atoms. The molecule has 0 bridgehead atoms. The van der Waals surface area contributed by atoms with E-state index in [1.54, 1.807) is 24.3 Å². The summed E-state index contributed by atoms with van der Waals surface area (Å²) in [5.41, 5.74) is 5.59. The molecule has 0 saturated carbocycles. The number of nitrogens with zero attached hydrogens (tertiary/aromatic N) is 2. The van der Waals surface area contributed by atoms with Crippen LogP contribution >= 0.6 is 0 Å². The maximum absolute atomic E-state index is 12.5. The average Bonchev–Trinajstić information content (AvgIpc) is 2.53. The first-order valence-corrected chi connectivity index (χ1v) is 8.02. The molecule has 1 aromatic carbocycles. The van der Waals surface area contributed by atoms with Gasteiger partial charge in [0, 0.05) is 18.5 Å². The number of carbonyl (C=O) groups is 1. The highest BCUT2D eigenvalue weighted by molar-refractivity contribution is 6.04. The number of fused-ring (bicyclic) bond motifs is 1. The largest absolute Gasteiger partial charge is 0.351 e. The minimum atomic E-state index is -0.254. The summed E-state index contributed by atoms with van der Waals surface area (Å²) in [5.74, 6) is 0.0116. The van der Waals surface area contributed by atoms with E-state index in [2.05, 4.69) is 10.4 Å². The molecule has 0 aliphatic heterocycles. The van der Waals surface area contributed by atoms with E-state index in [1.807, 2.05) is 13.8 Å². The van der Waals surface area contributed by atoms with Crippen molar-refractivity contribution in [3.8, 4) is 0 Å². The second kappa shape index (κ2) is 7.87. The molecule has 0 aliphatic rings. The van der Waals surface area contributed by atoms with Gasteiger partial charge in [0.05, 0.1) is 5.39 Å². The quantitative estimate of drug-likeness (QED) is 0.758. The molecular formula is C17H24N4O2. The third-order valence-electron chi connectivity index (χ3n) is 3.54. The predicted molar refractivity (Wildman–Crippen MR) is 91.5 cm³/mol. The molecule has 6 nitrogen and oxygen atoms in total. The molecule has 0 aliphatic carbocycles. The van der Waals surface area contributed by atoms with Crippen LogP contribution in [0.5, 0.6) is 0 Å². The second-order valence-corrected chi connectivity index (χ2v) is 6.03. The number of hydrogen-bond donors (Lipinski definition) is 2. The molecule has 0 saturated heterocycles. The van der Waals surface area contributed by atoms with Crippen molar-refractivity contribution in [3.63, 3.8) is 0 Å². The monoisotopic (exact) mass is 316 g/mol. The molecule has 0 radical (unpaired) electrons. The number of nitrogens with one attached hydrogen (secondary N) is 1. The van der Waals surface area contributed by atoms with Gasteiger partial charge in [0.2, 0.25) is 0 Å². The molecule has 0 fully saturated rings. The van der Waals surface area contributed by atoms with Gasteiger partial charge in [0.1, 0.15) is 0 Å². The van der Waals surface area contributed by atoms with Crippen LogP contribution in [-0.4, -0.2) is 28.8 Å². The third-order valence-corrected chi connectivity index (χ3v) is 3.54. The summed E-state index contributed by atoms with van der Waals surface area (Å²) in [5, 5.41) is 8.28. The Morgan fingerprint density at radius 3 is 2.61 bits per heavy atom. The summed E-state index contributed by atoms with van der Waals surface area (Å²) < 4.78 is 1.39. The summed E-state index contributed by atoms with van der Waals surface area (Å²) in [7, 11) is 0. The molecule has 1 amide bonds. The average molecular weight is 316 g/mol. The van der Waals surface area contributed by atoms with Crippen molar-refractivity contribution in [2.24, 2.45) is 11.7 Å². The fourth-order valence-corrected chi connectivity index (χ4v) is 2.43. The maximum atomic E-state index is 12.5. The highest BCUT2D eigenvalue weighted by Gasteiger charge is 2.16. The minimum Gasteiger partial charge on any atom is -0.351 e.